The van der Waals surface area contributed by atoms with Gasteiger partial charge in [-0.05, 0) is 49.2 Å². The molecule has 3 aromatic rings. The molecule has 1 fully saturated rings. The Morgan fingerprint density at radius 3 is 2.28 bits per heavy atom. The fraction of sp³-hybridized carbons (Fsp3) is 0.292. The Morgan fingerprint density at radius 2 is 1.62 bits per heavy atom. The number of benzene rings is 2. The summed E-state index contributed by atoms with van der Waals surface area (Å²) in [7, 11) is 1.92. The van der Waals surface area contributed by atoms with Crippen LogP contribution in [0, 0.1) is 0 Å². The second-order valence-corrected chi connectivity index (χ2v) is 7.58. The average molecular weight is 386 g/mol. The van der Waals surface area contributed by atoms with E-state index in [2.05, 4.69) is 15.5 Å². The Bertz CT molecular complexity index is 933. The highest BCUT2D eigenvalue weighted by atomic mass is 16.2. The Balaban J connectivity index is 1.39. The van der Waals surface area contributed by atoms with Gasteiger partial charge in [-0.2, -0.15) is 0 Å². The van der Waals surface area contributed by atoms with Crippen molar-refractivity contribution >= 4 is 17.4 Å². The van der Waals surface area contributed by atoms with E-state index >= 15 is 0 Å². The molecular weight excluding hydrogens is 360 g/mol. The first kappa shape index (κ1) is 19.1. The molecule has 148 valence electrons. The van der Waals surface area contributed by atoms with Gasteiger partial charge in [-0.1, -0.05) is 49.6 Å². The van der Waals surface area contributed by atoms with E-state index < -0.39 is 0 Å². The van der Waals surface area contributed by atoms with Crippen LogP contribution < -0.4 is 5.32 Å². The molecule has 2 aromatic carbocycles. The fourth-order valence-corrected chi connectivity index (χ4v) is 3.84. The number of hydrogen-bond acceptors (Lipinski definition) is 4. The van der Waals surface area contributed by atoms with Crippen LogP contribution >= 0.6 is 0 Å². The summed E-state index contributed by atoms with van der Waals surface area (Å²) >= 11 is 0. The van der Waals surface area contributed by atoms with Crippen LogP contribution in [0.25, 0.3) is 11.3 Å². The highest BCUT2D eigenvalue weighted by Gasteiger charge is 2.22. The topological polar surface area (TPSA) is 58.1 Å². The van der Waals surface area contributed by atoms with Crippen molar-refractivity contribution < 1.29 is 4.79 Å². The fourth-order valence-electron chi connectivity index (χ4n) is 3.84. The molecule has 1 saturated carbocycles. The molecule has 4 rings (SSSR count). The maximum absolute atomic E-state index is 12.8. The van der Waals surface area contributed by atoms with Gasteiger partial charge in [0, 0.05) is 29.9 Å². The van der Waals surface area contributed by atoms with E-state index in [1.165, 1.54) is 19.3 Å². The van der Waals surface area contributed by atoms with Crippen LogP contribution in [0.3, 0.4) is 0 Å². The van der Waals surface area contributed by atoms with Crippen molar-refractivity contribution in [3.05, 3.63) is 72.3 Å². The molecule has 1 N–H and O–H groups in total. The third-order valence-electron chi connectivity index (χ3n) is 5.58. The van der Waals surface area contributed by atoms with Crippen molar-refractivity contribution in [2.24, 2.45) is 0 Å². The normalized spacial score (nSPS) is 14.4. The molecule has 0 radical (unpaired) electrons. The van der Waals surface area contributed by atoms with Gasteiger partial charge < -0.3 is 10.2 Å². The van der Waals surface area contributed by atoms with Crippen LogP contribution in [-0.4, -0.2) is 34.1 Å². The predicted octanol–water partition coefficient (Wildman–Crippen LogP) is 5.29. The van der Waals surface area contributed by atoms with E-state index in [0.717, 1.165) is 29.8 Å². The first-order chi connectivity index (χ1) is 14.2. The first-order valence-electron chi connectivity index (χ1n) is 10.2. The summed E-state index contributed by atoms with van der Waals surface area (Å²) in [6, 6.07) is 21.8. The summed E-state index contributed by atoms with van der Waals surface area (Å²) in [6.45, 7) is 0. The minimum absolute atomic E-state index is 0.0930. The molecule has 1 aliphatic rings. The lowest BCUT2D eigenvalue weighted by Crippen LogP contribution is -2.38. The summed E-state index contributed by atoms with van der Waals surface area (Å²) in [4.78, 5) is 14.7. The van der Waals surface area contributed by atoms with Crippen LogP contribution in [0.15, 0.2) is 66.7 Å². The molecule has 1 aliphatic carbocycles. The number of rotatable bonds is 5. The van der Waals surface area contributed by atoms with Crippen molar-refractivity contribution in [1.82, 2.24) is 15.1 Å². The summed E-state index contributed by atoms with van der Waals surface area (Å²) in [6.07, 6.45) is 5.94. The van der Waals surface area contributed by atoms with E-state index in [9.17, 15) is 4.79 Å². The van der Waals surface area contributed by atoms with Crippen molar-refractivity contribution in [1.29, 1.82) is 0 Å². The van der Waals surface area contributed by atoms with Crippen molar-refractivity contribution in [3.8, 4) is 11.3 Å². The third kappa shape index (κ3) is 4.62. The number of anilines is 2. The Morgan fingerprint density at radius 1 is 0.897 bits per heavy atom. The maximum Gasteiger partial charge on any atom is 0.253 e. The van der Waals surface area contributed by atoms with Gasteiger partial charge in [0.1, 0.15) is 0 Å². The SMILES string of the molecule is CN(C(=O)c1ccc(Nc2ccc(-c3ccccc3)nn2)cc1)C1CCCCC1. The second-order valence-electron chi connectivity index (χ2n) is 7.58. The molecule has 0 aliphatic heterocycles. The van der Waals surface area contributed by atoms with Crippen LogP contribution in [0.2, 0.25) is 0 Å². The number of nitrogens with one attached hydrogen (secondary N) is 1. The highest BCUT2D eigenvalue weighted by molar-refractivity contribution is 5.94. The zero-order valence-corrected chi connectivity index (χ0v) is 16.7. The van der Waals surface area contributed by atoms with Gasteiger partial charge in [0.05, 0.1) is 5.69 Å². The van der Waals surface area contributed by atoms with Crippen LogP contribution in [-0.2, 0) is 0 Å². The van der Waals surface area contributed by atoms with Crippen LogP contribution in [0.1, 0.15) is 42.5 Å². The number of aromatic nitrogens is 2. The standard InChI is InChI=1S/C24H26N4O/c1-28(21-10-6-3-7-11-21)24(29)19-12-14-20(15-13-19)25-23-17-16-22(26-27-23)18-8-4-2-5-9-18/h2,4-5,8-9,12-17,21H,3,6-7,10-11H2,1H3,(H,25,27). The van der Waals surface area contributed by atoms with Gasteiger partial charge in [0.2, 0.25) is 0 Å². The minimum Gasteiger partial charge on any atom is -0.339 e. The molecule has 0 bridgehead atoms. The quantitative estimate of drug-likeness (QED) is 0.647. The maximum atomic E-state index is 12.8. The second kappa shape index (κ2) is 8.86. The molecule has 0 spiro atoms. The van der Waals surface area contributed by atoms with Gasteiger partial charge in [-0.3, -0.25) is 4.79 Å². The molecule has 0 unspecified atom stereocenters. The van der Waals surface area contributed by atoms with Gasteiger partial charge in [-0.15, -0.1) is 10.2 Å². The van der Waals surface area contributed by atoms with E-state index in [1.807, 2.05) is 78.7 Å². The monoisotopic (exact) mass is 386 g/mol. The van der Waals surface area contributed by atoms with Gasteiger partial charge >= 0.3 is 0 Å². The Labute approximate surface area is 171 Å². The molecule has 1 heterocycles. The number of nitrogens with zero attached hydrogens (tertiary/aromatic N) is 3. The van der Waals surface area contributed by atoms with E-state index in [1.54, 1.807) is 0 Å². The summed E-state index contributed by atoms with van der Waals surface area (Å²) in [5, 5.41) is 11.8. The minimum atomic E-state index is 0.0930. The predicted molar refractivity (Wildman–Crippen MR) is 116 cm³/mol. The lowest BCUT2D eigenvalue weighted by Gasteiger charge is -2.31. The van der Waals surface area contributed by atoms with Crippen molar-refractivity contribution in [2.75, 3.05) is 12.4 Å². The zero-order valence-electron chi connectivity index (χ0n) is 16.7. The molecule has 5 heteroatoms. The molecule has 1 aromatic heterocycles. The van der Waals surface area contributed by atoms with E-state index in [4.69, 9.17) is 0 Å². The van der Waals surface area contributed by atoms with Gasteiger partial charge in [-0.25, -0.2) is 0 Å². The summed E-state index contributed by atoms with van der Waals surface area (Å²) in [5.74, 6) is 0.763. The largest absolute Gasteiger partial charge is 0.339 e. The average Bonchev–Trinajstić information content (AvgIpc) is 2.80. The van der Waals surface area contributed by atoms with Crippen LogP contribution in [0.4, 0.5) is 11.5 Å². The summed E-state index contributed by atoms with van der Waals surface area (Å²) < 4.78 is 0. The molecule has 0 atom stereocenters. The lowest BCUT2D eigenvalue weighted by atomic mass is 9.94. The molecule has 0 saturated heterocycles. The van der Waals surface area contributed by atoms with Crippen LogP contribution in [0.5, 0.6) is 0 Å². The van der Waals surface area contributed by atoms with Crippen molar-refractivity contribution in [2.45, 2.75) is 38.1 Å². The Hall–Kier alpha value is -3.21. The van der Waals surface area contributed by atoms with E-state index in [-0.39, 0.29) is 5.91 Å². The molecule has 1 amide bonds. The molecule has 5 nitrogen and oxygen atoms in total. The summed E-state index contributed by atoms with van der Waals surface area (Å²) in [5.41, 5.74) is 3.47. The Kier molecular flexibility index (Phi) is 5.84. The lowest BCUT2D eigenvalue weighted by molar-refractivity contribution is 0.0696. The number of carbonyl (C=O) groups is 1. The smallest absolute Gasteiger partial charge is 0.253 e. The highest BCUT2D eigenvalue weighted by Crippen LogP contribution is 2.24. The third-order valence-corrected chi connectivity index (χ3v) is 5.58. The van der Waals surface area contributed by atoms with E-state index in [0.29, 0.717) is 17.4 Å². The first-order valence-corrected chi connectivity index (χ1v) is 10.2. The molecule has 29 heavy (non-hydrogen) atoms. The number of hydrogen-bond donors (Lipinski definition) is 1. The molecular formula is C24H26N4O. The van der Waals surface area contributed by atoms with Gasteiger partial charge in [0.15, 0.2) is 5.82 Å². The number of amides is 1. The van der Waals surface area contributed by atoms with Crippen molar-refractivity contribution in [3.63, 3.8) is 0 Å². The van der Waals surface area contributed by atoms with Gasteiger partial charge in [0.25, 0.3) is 5.91 Å². The zero-order chi connectivity index (χ0) is 20.1. The number of carbonyl (C=O) groups excluding carboxylic acids is 1.